The van der Waals surface area contributed by atoms with Gasteiger partial charge >= 0.3 is 0 Å². The summed E-state index contributed by atoms with van der Waals surface area (Å²) < 4.78 is 33.5. The van der Waals surface area contributed by atoms with Crippen LogP contribution < -0.4 is 0 Å². The Hall–Kier alpha value is -0.240. The van der Waals surface area contributed by atoms with Crippen LogP contribution in [0.3, 0.4) is 0 Å². The van der Waals surface area contributed by atoms with Crippen molar-refractivity contribution in [3.05, 3.63) is 0 Å². The maximum atomic E-state index is 5.58. The molecular weight excluding hydrogens is 384 g/mol. The first-order valence-electron chi connectivity index (χ1n) is 12.1. The molecule has 0 aromatic carbocycles. The number of hydrogen-bond acceptors (Lipinski definition) is 6. The van der Waals surface area contributed by atoms with Gasteiger partial charge in [-0.15, -0.1) is 0 Å². The average Bonchev–Trinajstić information content (AvgIpc) is 3.52. The lowest BCUT2D eigenvalue weighted by molar-refractivity contribution is 0.0627. The minimum Gasteiger partial charge on any atom is -0.375 e. The highest BCUT2D eigenvalue weighted by molar-refractivity contribution is 4.91. The highest BCUT2D eigenvalue weighted by atomic mass is 16.6. The lowest BCUT2D eigenvalue weighted by Gasteiger charge is -2.10. The third-order valence-electron chi connectivity index (χ3n) is 7.65. The van der Waals surface area contributed by atoms with E-state index in [0.717, 1.165) is 39.6 Å². The van der Waals surface area contributed by atoms with E-state index in [0.29, 0.717) is 72.1 Å². The zero-order valence-corrected chi connectivity index (χ0v) is 19.6. The third-order valence-corrected chi connectivity index (χ3v) is 7.65. The molecule has 6 nitrogen and oxygen atoms in total. The molecule has 0 aliphatic carbocycles. The van der Waals surface area contributed by atoms with E-state index >= 15 is 0 Å². The van der Waals surface area contributed by atoms with E-state index in [1.54, 1.807) is 0 Å². The summed E-state index contributed by atoms with van der Waals surface area (Å²) in [5.41, 5.74) is 0. The van der Waals surface area contributed by atoms with Gasteiger partial charge in [0.1, 0.15) is 0 Å². The van der Waals surface area contributed by atoms with Crippen molar-refractivity contribution in [2.75, 3.05) is 39.6 Å². The standard InChI is InChI=1S/3C8H14O2/c3*1-5-3-9-8-6(2)4-10-7(5)8/h3*5-8H,3-4H2,1-2H3/t5-,6+,7?,8?;2*5-,6-,7?,8?/m.10/s1. The molecule has 6 rings (SSSR count). The topological polar surface area (TPSA) is 55.4 Å². The largest absolute Gasteiger partial charge is 0.375 e. The van der Waals surface area contributed by atoms with E-state index in [2.05, 4.69) is 41.5 Å². The monoisotopic (exact) mass is 426 g/mol. The molecule has 0 radical (unpaired) electrons. The lowest BCUT2D eigenvalue weighted by Crippen LogP contribution is -2.23. The Morgan fingerprint density at radius 1 is 0.300 bits per heavy atom. The van der Waals surface area contributed by atoms with Gasteiger partial charge in [-0.3, -0.25) is 0 Å². The molecule has 6 unspecified atom stereocenters. The molecule has 6 saturated heterocycles. The molecule has 6 aliphatic rings. The molecule has 12 atom stereocenters. The van der Waals surface area contributed by atoms with E-state index in [-0.39, 0.29) is 0 Å². The number of ether oxygens (including phenoxy) is 6. The first kappa shape index (κ1) is 22.9. The van der Waals surface area contributed by atoms with Crippen LogP contribution in [0.15, 0.2) is 0 Å². The van der Waals surface area contributed by atoms with Crippen molar-refractivity contribution >= 4 is 0 Å². The normalized spacial score (nSPS) is 53.4. The molecule has 0 spiro atoms. The third kappa shape index (κ3) is 4.60. The fourth-order valence-electron chi connectivity index (χ4n) is 5.64. The fraction of sp³-hybridized carbons (Fsp3) is 1.00. The van der Waals surface area contributed by atoms with Gasteiger partial charge in [0.15, 0.2) is 0 Å². The Kier molecular flexibility index (Phi) is 7.43. The van der Waals surface area contributed by atoms with Gasteiger partial charge in [-0.1, -0.05) is 41.5 Å². The fourth-order valence-corrected chi connectivity index (χ4v) is 5.64. The van der Waals surface area contributed by atoms with E-state index in [9.17, 15) is 0 Å². The van der Waals surface area contributed by atoms with Crippen molar-refractivity contribution in [2.24, 2.45) is 35.5 Å². The van der Waals surface area contributed by atoms with Crippen LogP contribution in [-0.2, 0) is 28.4 Å². The first-order valence-corrected chi connectivity index (χ1v) is 12.1. The molecule has 0 N–H and O–H groups in total. The van der Waals surface area contributed by atoms with Gasteiger partial charge in [0.05, 0.1) is 76.3 Å². The van der Waals surface area contributed by atoms with Crippen LogP contribution >= 0.6 is 0 Å². The van der Waals surface area contributed by atoms with Crippen LogP contribution in [0.5, 0.6) is 0 Å². The van der Waals surface area contributed by atoms with Crippen molar-refractivity contribution in [3.8, 4) is 0 Å². The van der Waals surface area contributed by atoms with Crippen LogP contribution in [0.1, 0.15) is 41.5 Å². The quantitative estimate of drug-likeness (QED) is 0.593. The summed E-state index contributed by atoms with van der Waals surface area (Å²) >= 11 is 0. The summed E-state index contributed by atoms with van der Waals surface area (Å²) in [5, 5.41) is 0. The summed E-state index contributed by atoms with van der Waals surface area (Å²) in [4.78, 5) is 0. The highest BCUT2D eigenvalue weighted by Gasteiger charge is 2.45. The van der Waals surface area contributed by atoms with Crippen molar-refractivity contribution < 1.29 is 28.4 Å². The molecule has 0 amide bonds. The van der Waals surface area contributed by atoms with Gasteiger partial charge < -0.3 is 28.4 Å². The van der Waals surface area contributed by atoms with Gasteiger partial charge in [0.2, 0.25) is 0 Å². The second kappa shape index (κ2) is 9.72. The van der Waals surface area contributed by atoms with Crippen molar-refractivity contribution in [1.29, 1.82) is 0 Å². The Balaban J connectivity index is 0.000000109. The Bertz CT molecular complexity index is 434. The van der Waals surface area contributed by atoms with E-state index < -0.39 is 0 Å². The van der Waals surface area contributed by atoms with Crippen LogP contribution in [-0.4, -0.2) is 76.3 Å². The molecular formula is C24H42O6. The highest BCUT2D eigenvalue weighted by Crippen LogP contribution is 2.35. The summed E-state index contributed by atoms with van der Waals surface area (Å²) in [7, 11) is 0. The van der Waals surface area contributed by atoms with Gasteiger partial charge in [-0.05, 0) is 0 Å². The predicted molar refractivity (Wildman–Crippen MR) is 113 cm³/mol. The molecule has 6 aliphatic heterocycles. The van der Waals surface area contributed by atoms with Crippen LogP contribution in [0, 0.1) is 35.5 Å². The number of fused-ring (bicyclic) bond motifs is 3. The minimum atomic E-state index is 0.398. The van der Waals surface area contributed by atoms with E-state index in [1.807, 2.05) is 0 Å². The maximum Gasteiger partial charge on any atom is 0.0887 e. The van der Waals surface area contributed by atoms with Gasteiger partial charge in [-0.25, -0.2) is 0 Å². The Morgan fingerprint density at radius 2 is 0.433 bits per heavy atom. The van der Waals surface area contributed by atoms with Crippen LogP contribution in [0.4, 0.5) is 0 Å². The lowest BCUT2D eigenvalue weighted by atomic mass is 9.99. The second-order valence-corrected chi connectivity index (χ2v) is 10.7. The van der Waals surface area contributed by atoms with E-state index in [1.165, 1.54) is 0 Å². The minimum absolute atomic E-state index is 0.398. The SMILES string of the molecule is C[C@@H]1COC2C1OC[C@@H]2C.C[C@@H]1COC2C1OC[C@H]2C.C[C@H]1COC2C1OC[C@@H]2C. The molecule has 0 saturated carbocycles. The zero-order chi connectivity index (χ0) is 21.4. The molecule has 30 heavy (non-hydrogen) atoms. The average molecular weight is 427 g/mol. The molecule has 6 heteroatoms. The number of rotatable bonds is 0. The molecule has 174 valence electrons. The molecule has 0 bridgehead atoms. The van der Waals surface area contributed by atoms with Crippen molar-refractivity contribution in [3.63, 3.8) is 0 Å². The Morgan fingerprint density at radius 3 is 0.567 bits per heavy atom. The van der Waals surface area contributed by atoms with Crippen LogP contribution in [0.25, 0.3) is 0 Å². The molecule has 6 fully saturated rings. The second-order valence-electron chi connectivity index (χ2n) is 10.7. The predicted octanol–water partition coefficient (Wildman–Crippen LogP) is 3.17. The summed E-state index contributed by atoms with van der Waals surface area (Å²) in [6.45, 7) is 18.5. The first-order chi connectivity index (χ1) is 14.4. The van der Waals surface area contributed by atoms with Crippen molar-refractivity contribution in [2.45, 2.75) is 78.2 Å². The summed E-state index contributed by atoms with van der Waals surface area (Å²) in [5.74, 6) is 3.64. The van der Waals surface area contributed by atoms with Crippen molar-refractivity contribution in [1.82, 2.24) is 0 Å². The zero-order valence-electron chi connectivity index (χ0n) is 19.6. The van der Waals surface area contributed by atoms with Gasteiger partial charge in [0, 0.05) is 35.5 Å². The molecule has 0 aromatic rings. The van der Waals surface area contributed by atoms with Gasteiger partial charge in [-0.2, -0.15) is 0 Å². The smallest absolute Gasteiger partial charge is 0.0887 e. The van der Waals surface area contributed by atoms with Crippen LogP contribution in [0.2, 0.25) is 0 Å². The maximum absolute atomic E-state index is 5.58. The number of hydrogen-bond donors (Lipinski definition) is 0. The summed E-state index contributed by atoms with van der Waals surface area (Å²) in [6.07, 6.45) is 2.39. The molecule has 0 aromatic heterocycles. The molecule has 6 heterocycles. The van der Waals surface area contributed by atoms with Gasteiger partial charge in [0.25, 0.3) is 0 Å². The Labute approximate surface area is 182 Å². The van der Waals surface area contributed by atoms with E-state index in [4.69, 9.17) is 28.4 Å². The summed E-state index contributed by atoms with van der Waals surface area (Å²) in [6, 6.07) is 0.